The summed E-state index contributed by atoms with van der Waals surface area (Å²) in [5.41, 5.74) is 1.61. The molecule has 29 heavy (non-hydrogen) atoms. The second kappa shape index (κ2) is 10.2. The minimum Gasteiger partial charge on any atom is -0.426 e. The van der Waals surface area contributed by atoms with E-state index in [1.165, 1.54) is 18.4 Å². The average Bonchev–Trinajstić information content (AvgIpc) is 2.75. The first-order chi connectivity index (χ1) is 14.1. The molecule has 1 saturated carbocycles. The van der Waals surface area contributed by atoms with E-state index < -0.39 is 5.97 Å². The van der Waals surface area contributed by atoms with Gasteiger partial charge in [-0.2, -0.15) is 0 Å². The van der Waals surface area contributed by atoms with Crippen LogP contribution in [-0.4, -0.2) is 11.9 Å². The molecule has 4 nitrogen and oxygen atoms in total. The molecule has 2 aromatic rings. The third kappa shape index (κ3) is 5.93. The van der Waals surface area contributed by atoms with Gasteiger partial charge in [0.15, 0.2) is 0 Å². The van der Waals surface area contributed by atoms with Gasteiger partial charge in [0.2, 0.25) is 0 Å². The molecular formula is C25H30O4. The van der Waals surface area contributed by atoms with Crippen molar-refractivity contribution in [2.45, 2.75) is 58.8 Å². The predicted octanol–water partition coefficient (Wildman–Crippen LogP) is 5.98. The molecule has 0 spiro atoms. The highest BCUT2D eigenvalue weighted by Gasteiger charge is 2.27. The first-order valence-corrected chi connectivity index (χ1v) is 10.7. The van der Waals surface area contributed by atoms with Crippen molar-refractivity contribution in [2.24, 2.45) is 11.8 Å². The summed E-state index contributed by atoms with van der Waals surface area (Å²) in [6, 6.07) is 14.0. The molecule has 0 aliphatic heterocycles. The van der Waals surface area contributed by atoms with Crippen LogP contribution in [-0.2, 0) is 11.2 Å². The zero-order valence-corrected chi connectivity index (χ0v) is 17.4. The van der Waals surface area contributed by atoms with Crippen LogP contribution in [0.4, 0.5) is 0 Å². The molecule has 0 amide bonds. The van der Waals surface area contributed by atoms with Gasteiger partial charge in [0.25, 0.3) is 0 Å². The van der Waals surface area contributed by atoms with Crippen LogP contribution in [0, 0.1) is 11.8 Å². The molecule has 1 aliphatic carbocycles. The Hall–Kier alpha value is -2.62. The van der Waals surface area contributed by atoms with Crippen LogP contribution in [0.5, 0.6) is 11.5 Å². The Morgan fingerprint density at radius 3 is 2.00 bits per heavy atom. The topological polar surface area (TPSA) is 52.6 Å². The lowest BCUT2D eigenvalue weighted by molar-refractivity contribution is -0.140. The van der Waals surface area contributed by atoms with Gasteiger partial charge >= 0.3 is 11.9 Å². The molecular weight excluding hydrogens is 364 g/mol. The fraction of sp³-hybridized carbons (Fsp3) is 0.440. The van der Waals surface area contributed by atoms with Crippen LogP contribution in [0.15, 0.2) is 48.5 Å². The van der Waals surface area contributed by atoms with Crippen molar-refractivity contribution < 1.29 is 19.1 Å². The Labute approximate surface area is 173 Å². The molecule has 4 heteroatoms. The summed E-state index contributed by atoms with van der Waals surface area (Å²) in [5, 5.41) is 0. The Morgan fingerprint density at radius 1 is 0.828 bits per heavy atom. The summed E-state index contributed by atoms with van der Waals surface area (Å²) in [6.45, 7) is 4.29. The first-order valence-electron chi connectivity index (χ1n) is 10.7. The Bertz CT molecular complexity index is 800. The lowest BCUT2D eigenvalue weighted by Crippen LogP contribution is -2.25. The number of hydrogen-bond acceptors (Lipinski definition) is 4. The van der Waals surface area contributed by atoms with Gasteiger partial charge in [-0.15, -0.1) is 0 Å². The zero-order chi connectivity index (χ0) is 20.6. The van der Waals surface area contributed by atoms with Gasteiger partial charge in [-0.05, 0) is 80.0 Å². The van der Waals surface area contributed by atoms with E-state index in [0.29, 0.717) is 17.1 Å². The summed E-state index contributed by atoms with van der Waals surface area (Å²) in [7, 11) is 0. The number of hydrogen-bond donors (Lipinski definition) is 0. The molecule has 0 bridgehead atoms. The molecule has 154 valence electrons. The van der Waals surface area contributed by atoms with Crippen LogP contribution in [0.3, 0.4) is 0 Å². The van der Waals surface area contributed by atoms with Crippen LogP contribution in [0.2, 0.25) is 0 Å². The fourth-order valence-electron chi connectivity index (χ4n) is 3.91. The Balaban J connectivity index is 1.51. The molecule has 0 radical (unpaired) electrons. The van der Waals surface area contributed by atoms with E-state index in [2.05, 4.69) is 13.8 Å². The maximum absolute atomic E-state index is 12.4. The first kappa shape index (κ1) is 21.1. The second-order valence-electron chi connectivity index (χ2n) is 7.84. The number of carbonyl (C=O) groups is 2. The molecule has 1 fully saturated rings. The van der Waals surface area contributed by atoms with Gasteiger partial charge in [-0.1, -0.05) is 38.8 Å². The van der Waals surface area contributed by atoms with Gasteiger partial charge in [0.1, 0.15) is 11.5 Å². The van der Waals surface area contributed by atoms with E-state index in [4.69, 9.17) is 9.47 Å². The number of carbonyl (C=O) groups excluding carboxylic acids is 2. The monoisotopic (exact) mass is 394 g/mol. The van der Waals surface area contributed by atoms with Crippen molar-refractivity contribution in [3.05, 3.63) is 59.7 Å². The molecule has 0 heterocycles. The summed E-state index contributed by atoms with van der Waals surface area (Å²) in [5.74, 6) is 1.13. The number of aryl methyl sites for hydroxylation is 1. The van der Waals surface area contributed by atoms with E-state index in [1.54, 1.807) is 36.4 Å². The van der Waals surface area contributed by atoms with Gasteiger partial charge < -0.3 is 9.47 Å². The van der Waals surface area contributed by atoms with E-state index in [1.807, 2.05) is 12.1 Å². The normalized spacial score (nSPS) is 18.8. The highest BCUT2D eigenvalue weighted by molar-refractivity contribution is 5.91. The summed E-state index contributed by atoms with van der Waals surface area (Å²) in [6.07, 6.45) is 7.43. The third-order valence-corrected chi connectivity index (χ3v) is 5.73. The van der Waals surface area contributed by atoms with Crippen molar-refractivity contribution in [2.75, 3.05) is 0 Å². The highest BCUT2D eigenvalue weighted by Crippen LogP contribution is 2.32. The molecule has 3 rings (SSSR count). The SMILES string of the molecule is CCCC1CCC(C(=O)Oc2ccc(C(=O)Oc3ccc(CC)cc3)cc2)CC1. The second-order valence-corrected chi connectivity index (χ2v) is 7.84. The van der Waals surface area contributed by atoms with Gasteiger partial charge in [0, 0.05) is 0 Å². The number of esters is 2. The number of rotatable bonds is 7. The fourth-order valence-corrected chi connectivity index (χ4v) is 3.91. The van der Waals surface area contributed by atoms with Crippen LogP contribution >= 0.6 is 0 Å². The van der Waals surface area contributed by atoms with Crippen molar-refractivity contribution in [3.8, 4) is 11.5 Å². The van der Waals surface area contributed by atoms with Gasteiger partial charge in [0.05, 0.1) is 11.5 Å². The maximum Gasteiger partial charge on any atom is 0.343 e. The summed E-state index contributed by atoms with van der Waals surface area (Å²) in [4.78, 5) is 24.7. The standard InChI is InChI=1S/C25H30O4/c1-3-5-19-6-10-20(11-7-19)24(26)29-23-16-12-21(13-17-23)25(27)28-22-14-8-18(4-2)9-15-22/h8-9,12-17,19-20H,3-7,10-11H2,1-2H3. The maximum atomic E-state index is 12.4. The minimum absolute atomic E-state index is 0.0150. The average molecular weight is 395 g/mol. The third-order valence-electron chi connectivity index (χ3n) is 5.73. The lowest BCUT2D eigenvalue weighted by Gasteiger charge is -2.26. The van der Waals surface area contributed by atoms with Gasteiger partial charge in [-0.3, -0.25) is 4.79 Å². The van der Waals surface area contributed by atoms with Crippen LogP contribution in [0.1, 0.15) is 68.3 Å². The van der Waals surface area contributed by atoms with Crippen molar-refractivity contribution >= 4 is 11.9 Å². The van der Waals surface area contributed by atoms with E-state index >= 15 is 0 Å². The zero-order valence-electron chi connectivity index (χ0n) is 17.4. The van der Waals surface area contributed by atoms with Crippen molar-refractivity contribution in [1.29, 1.82) is 0 Å². The molecule has 0 aromatic heterocycles. The largest absolute Gasteiger partial charge is 0.426 e. The molecule has 0 saturated heterocycles. The van der Waals surface area contributed by atoms with E-state index in [-0.39, 0.29) is 11.9 Å². The molecule has 0 atom stereocenters. The lowest BCUT2D eigenvalue weighted by atomic mass is 9.80. The Morgan fingerprint density at radius 2 is 1.41 bits per heavy atom. The molecule has 2 aromatic carbocycles. The van der Waals surface area contributed by atoms with Crippen LogP contribution in [0.25, 0.3) is 0 Å². The summed E-state index contributed by atoms with van der Waals surface area (Å²) >= 11 is 0. The Kier molecular flexibility index (Phi) is 7.45. The summed E-state index contributed by atoms with van der Waals surface area (Å²) < 4.78 is 10.9. The molecule has 0 N–H and O–H groups in total. The quantitative estimate of drug-likeness (QED) is 0.428. The molecule has 0 unspecified atom stereocenters. The van der Waals surface area contributed by atoms with Crippen LogP contribution < -0.4 is 9.47 Å². The predicted molar refractivity (Wildman–Crippen MR) is 113 cm³/mol. The van der Waals surface area contributed by atoms with E-state index in [9.17, 15) is 9.59 Å². The number of benzene rings is 2. The smallest absolute Gasteiger partial charge is 0.343 e. The van der Waals surface area contributed by atoms with Gasteiger partial charge in [-0.25, -0.2) is 4.79 Å². The van der Waals surface area contributed by atoms with Crippen molar-refractivity contribution in [1.82, 2.24) is 0 Å². The highest BCUT2D eigenvalue weighted by atomic mass is 16.5. The molecule has 1 aliphatic rings. The van der Waals surface area contributed by atoms with Crippen molar-refractivity contribution in [3.63, 3.8) is 0 Å². The number of ether oxygens (including phenoxy) is 2. The van der Waals surface area contributed by atoms with E-state index in [0.717, 1.165) is 38.0 Å². The minimum atomic E-state index is -0.429.